The number of halogens is 1. The zero-order chi connectivity index (χ0) is 10.4. The summed E-state index contributed by atoms with van der Waals surface area (Å²) >= 11 is 5.65. The molecule has 0 aliphatic rings. The number of aromatic nitrogens is 1. The third kappa shape index (κ3) is 3.72. The molecule has 5 heteroatoms. The molecule has 76 valence electrons. The Morgan fingerprint density at radius 1 is 1.64 bits per heavy atom. The van der Waals surface area contributed by atoms with Crippen LogP contribution in [0.2, 0.25) is 5.15 Å². The van der Waals surface area contributed by atoms with E-state index >= 15 is 0 Å². The third-order valence-corrected chi connectivity index (χ3v) is 1.75. The molecule has 1 aromatic heterocycles. The number of amides is 1. The Morgan fingerprint density at radius 2 is 2.43 bits per heavy atom. The first kappa shape index (κ1) is 10.9. The summed E-state index contributed by atoms with van der Waals surface area (Å²) in [6.45, 7) is 3.01. The second kappa shape index (κ2) is 5.57. The molecule has 1 amide bonds. The van der Waals surface area contributed by atoms with Crippen LogP contribution in [0.3, 0.4) is 0 Å². The molecule has 0 spiro atoms. The maximum Gasteiger partial charge on any atom is 0.238 e. The topological polar surface area (TPSA) is 54.0 Å². The van der Waals surface area contributed by atoms with Crippen molar-refractivity contribution in [2.45, 2.75) is 6.92 Å². The Bertz CT molecular complexity index is 317. The van der Waals surface area contributed by atoms with Crippen LogP contribution in [0.15, 0.2) is 18.3 Å². The van der Waals surface area contributed by atoms with Crippen molar-refractivity contribution in [2.75, 3.05) is 18.4 Å². The molecule has 0 aliphatic heterocycles. The standard InChI is InChI=1S/C9H12ClN3O/c1-2-11-6-9(14)13-7-3-4-12-8(10)5-7/h3-5,11H,2,6H2,1H3,(H,12,13,14). The van der Waals surface area contributed by atoms with Crippen LogP contribution in [0.5, 0.6) is 0 Å². The fourth-order valence-electron chi connectivity index (χ4n) is 0.924. The summed E-state index contributed by atoms with van der Waals surface area (Å²) in [5, 5.41) is 5.98. The first-order valence-corrected chi connectivity index (χ1v) is 4.72. The number of pyridine rings is 1. The highest BCUT2D eigenvalue weighted by atomic mass is 35.5. The maximum atomic E-state index is 11.2. The van der Waals surface area contributed by atoms with Gasteiger partial charge in [-0.15, -0.1) is 0 Å². The van der Waals surface area contributed by atoms with Crippen LogP contribution < -0.4 is 10.6 Å². The van der Waals surface area contributed by atoms with Crippen molar-refractivity contribution in [3.05, 3.63) is 23.5 Å². The number of anilines is 1. The van der Waals surface area contributed by atoms with Gasteiger partial charge in [-0.05, 0) is 18.7 Å². The van der Waals surface area contributed by atoms with Crippen LogP contribution >= 0.6 is 11.6 Å². The van der Waals surface area contributed by atoms with E-state index in [9.17, 15) is 4.79 Å². The van der Waals surface area contributed by atoms with Crippen LogP contribution in [0.25, 0.3) is 0 Å². The molecule has 0 aromatic carbocycles. The summed E-state index contributed by atoms with van der Waals surface area (Å²) in [7, 11) is 0. The third-order valence-electron chi connectivity index (χ3n) is 1.55. The monoisotopic (exact) mass is 213 g/mol. The highest BCUT2D eigenvalue weighted by Gasteiger charge is 2.01. The lowest BCUT2D eigenvalue weighted by Gasteiger charge is -2.04. The Hall–Kier alpha value is -1.13. The minimum Gasteiger partial charge on any atom is -0.325 e. The Kier molecular flexibility index (Phi) is 4.35. The lowest BCUT2D eigenvalue weighted by atomic mass is 10.4. The molecule has 0 radical (unpaired) electrons. The van der Waals surface area contributed by atoms with Gasteiger partial charge in [0.25, 0.3) is 0 Å². The zero-order valence-electron chi connectivity index (χ0n) is 7.88. The molecule has 1 rings (SSSR count). The Balaban J connectivity index is 2.47. The molecule has 14 heavy (non-hydrogen) atoms. The fourth-order valence-corrected chi connectivity index (χ4v) is 1.10. The maximum absolute atomic E-state index is 11.2. The van der Waals surface area contributed by atoms with Crippen LogP contribution in [0, 0.1) is 0 Å². The van der Waals surface area contributed by atoms with Gasteiger partial charge in [-0.25, -0.2) is 4.98 Å². The van der Waals surface area contributed by atoms with E-state index in [1.54, 1.807) is 18.3 Å². The van der Waals surface area contributed by atoms with E-state index in [0.717, 1.165) is 6.54 Å². The van der Waals surface area contributed by atoms with Gasteiger partial charge < -0.3 is 10.6 Å². The second-order valence-corrected chi connectivity index (χ2v) is 3.08. The van der Waals surface area contributed by atoms with E-state index in [-0.39, 0.29) is 5.91 Å². The highest BCUT2D eigenvalue weighted by molar-refractivity contribution is 6.29. The molecule has 0 saturated carbocycles. The van der Waals surface area contributed by atoms with E-state index in [1.165, 1.54) is 0 Å². The number of rotatable bonds is 4. The second-order valence-electron chi connectivity index (χ2n) is 2.70. The van der Waals surface area contributed by atoms with Gasteiger partial charge in [-0.2, -0.15) is 0 Å². The number of carbonyl (C=O) groups excluding carboxylic acids is 1. The quantitative estimate of drug-likeness (QED) is 0.741. The zero-order valence-corrected chi connectivity index (χ0v) is 8.64. The van der Waals surface area contributed by atoms with Crippen molar-refractivity contribution >= 4 is 23.2 Å². The van der Waals surface area contributed by atoms with Gasteiger partial charge in [0.15, 0.2) is 0 Å². The van der Waals surface area contributed by atoms with E-state index in [0.29, 0.717) is 17.4 Å². The molecule has 0 saturated heterocycles. The van der Waals surface area contributed by atoms with Gasteiger partial charge in [0.1, 0.15) is 5.15 Å². The van der Waals surface area contributed by atoms with E-state index in [2.05, 4.69) is 15.6 Å². The number of likely N-dealkylation sites (N-methyl/N-ethyl adjacent to an activating group) is 1. The molecular weight excluding hydrogens is 202 g/mol. The number of hydrogen-bond acceptors (Lipinski definition) is 3. The summed E-state index contributed by atoms with van der Waals surface area (Å²) in [5.41, 5.74) is 0.660. The van der Waals surface area contributed by atoms with Gasteiger partial charge in [-0.1, -0.05) is 18.5 Å². The number of nitrogens with one attached hydrogen (secondary N) is 2. The van der Waals surface area contributed by atoms with Crippen molar-refractivity contribution in [1.29, 1.82) is 0 Å². The Labute approximate surface area is 87.7 Å². The molecule has 0 atom stereocenters. The molecule has 2 N–H and O–H groups in total. The van der Waals surface area contributed by atoms with Crippen molar-refractivity contribution in [2.24, 2.45) is 0 Å². The van der Waals surface area contributed by atoms with Crippen LogP contribution in [0.4, 0.5) is 5.69 Å². The molecule has 1 heterocycles. The molecular formula is C9H12ClN3O. The summed E-state index contributed by atoms with van der Waals surface area (Å²) in [6, 6.07) is 3.29. The van der Waals surface area contributed by atoms with E-state index in [1.807, 2.05) is 6.92 Å². The summed E-state index contributed by atoms with van der Waals surface area (Å²) in [4.78, 5) is 15.1. The lowest BCUT2D eigenvalue weighted by molar-refractivity contribution is -0.115. The van der Waals surface area contributed by atoms with Crippen molar-refractivity contribution in [3.8, 4) is 0 Å². The SMILES string of the molecule is CCNCC(=O)Nc1ccnc(Cl)c1. The van der Waals surface area contributed by atoms with Gasteiger partial charge in [-0.3, -0.25) is 4.79 Å². The predicted octanol–water partition coefficient (Wildman–Crippen LogP) is 1.28. The molecule has 0 fully saturated rings. The average Bonchev–Trinajstić information content (AvgIpc) is 2.15. The van der Waals surface area contributed by atoms with Gasteiger partial charge in [0, 0.05) is 11.9 Å². The van der Waals surface area contributed by atoms with Crippen molar-refractivity contribution in [1.82, 2.24) is 10.3 Å². The van der Waals surface area contributed by atoms with Gasteiger partial charge >= 0.3 is 0 Å². The average molecular weight is 214 g/mol. The molecule has 0 bridgehead atoms. The van der Waals surface area contributed by atoms with Crippen LogP contribution in [-0.4, -0.2) is 24.0 Å². The first-order chi connectivity index (χ1) is 6.72. The highest BCUT2D eigenvalue weighted by Crippen LogP contribution is 2.11. The summed E-state index contributed by atoms with van der Waals surface area (Å²) in [6.07, 6.45) is 1.55. The molecule has 1 aromatic rings. The number of nitrogens with zero attached hydrogens (tertiary/aromatic N) is 1. The van der Waals surface area contributed by atoms with Crippen molar-refractivity contribution in [3.63, 3.8) is 0 Å². The molecule has 0 aliphatic carbocycles. The fraction of sp³-hybridized carbons (Fsp3) is 0.333. The smallest absolute Gasteiger partial charge is 0.238 e. The predicted molar refractivity (Wildman–Crippen MR) is 56.4 cm³/mol. The van der Waals surface area contributed by atoms with Gasteiger partial charge in [0.05, 0.1) is 6.54 Å². The van der Waals surface area contributed by atoms with Crippen LogP contribution in [0.1, 0.15) is 6.92 Å². The number of hydrogen-bond donors (Lipinski definition) is 2. The lowest BCUT2D eigenvalue weighted by Crippen LogP contribution is -2.27. The summed E-state index contributed by atoms with van der Waals surface area (Å²) in [5.74, 6) is -0.0888. The van der Waals surface area contributed by atoms with Gasteiger partial charge in [0.2, 0.25) is 5.91 Å². The molecule has 4 nitrogen and oxygen atoms in total. The van der Waals surface area contributed by atoms with Crippen LogP contribution in [-0.2, 0) is 4.79 Å². The first-order valence-electron chi connectivity index (χ1n) is 4.34. The van der Waals surface area contributed by atoms with E-state index < -0.39 is 0 Å². The Morgan fingerprint density at radius 3 is 3.07 bits per heavy atom. The summed E-state index contributed by atoms with van der Waals surface area (Å²) < 4.78 is 0. The molecule has 0 unspecified atom stereocenters. The van der Waals surface area contributed by atoms with E-state index in [4.69, 9.17) is 11.6 Å². The van der Waals surface area contributed by atoms with Crippen molar-refractivity contribution < 1.29 is 4.79 Å². The minimum atomic E-state index is -0.0888. The normalized spacial score (nSPS) is 9.86. The minimum absolute atomic E-state index is 0.0888. The number of carbonyl (C=O) groups is 1. The largest absolute Gasteiger partial charge is 0.325 e.